The summed E-state index contributed by atoms with van der Waals surface area (Å²) in [5, 5.41) is 2.83. The van der Waals surface area contributed by atoms with Gasteiger partial charge in [0.25, 0.3) is 5.91 Å². The number of hydrogen-bond acceptors (Lipinski definition) is 7. The number of para-hydroxylation sites is 2. The number of carbonyl (C=O) groups excluding carboxylic acids is 2. The first kappa shape index (κ1) is 19.9. The van der Waals surface area contributed by atoms with Gasteiger partial charge >= 0.3 is 5.97 Å². The summed E-state index contributed by atoms with van der Waals surface area (Å²) in [5.41, 5.74) is 0.294. The Morgan fingerprint density at radius 3 is 2.33 bits per heavy atom. The van der Waals surface area contributed by atoms with E-state index in [2.05, 4.69) is 5.18 Å². The zero-order chi connectivity index (χ0) is 19.6. The van der Waals surface area contributed by atoms with Crippen LogP contribution in [0.2, 0.25) is 0 Å². The molecule has 0 bridgehead atoms. The number of benzene rings is 2. The molecule has 0 spiro atoms. The number of likely N-dealkylation sites (N-methyl/N-ethyl adjacent to an activating group) is 1. The number of ether oxygens (including phenoxy) is 3. The summed E-state index contributed by atoms with van der Waals surface area (Å²) in [6.07, 6.45) is 0. The molecule has 0 aliphatic rings. The minimum atomic E-state index is -0.481. The Kier molecular flexibility index (Phi) is 7.30. The molecule has 2 rings (SSSR count). The van der Waals surface area contributed by atoms with Crippen LogP contribution in [0, 0.1) is 4.91 Å². The lowest BCUT2D eigenvalue weighted by molar-refractivity contribution is -0.148. The van der Waals surface area contributed by atoms with E-state index in [1.165, 1.54) is 24.1 Å². The molecule has 2 aromatic rings. The van der Waals surface area contributed by atoms with Gasteiger partial charge in [-0.2, -0.15) is 0 Å². The molecule has 2 aromatic carbocycles. The molecule has 0 atom stereocenters. The highest BCUT2D eigenvalue weighted by atomic mass is 16.5. The first-order chi connectivity index (χ1) is 13.0. The Morgan fingerprint density at radius 2 is 1.70 bits per heavy atom. The maximum absolute atomic E-state index is 12.1. The molecule has 8 heteroatoms. The minimum Gasteiger partial charge on any atom is -0.480 e. The topological polar surface area (TPSA) is 94.5 Å². The van der Waals surface area contributed by atoms with E-state index >= 15 is 0 Å². The first-order valence-electron chi connectivity index (χ1n) is 8.26. The van der Waals surface area contributed by atoms with E-state index in [1.807, 2.05) is 0 Å². The highest BCUT2D eigenvalue weighted by molar-refractivity contribution is 5.82. The highest BCUT2D eigenvalue weighted by Crippen LogP contribution is 2.32. The second-order valence-electron chi connectivity index (χ2n) is 5.48. The molecule has 0 N–H and O–H groups in total. The monoisotopic (exact) mass is 372 g/mol. The molecule has 8 nitrogen and oxygen atoms in total. The predicted molar refractivity (Wildman–Crippen MR) is 98.2 cm³/mol. The van der Waals surface area contributed by atoms with Crippen molar-refractivity contribution in [2.45, 2.75) is 6.92 Å². The van der Waals surface area contributed by atoms with Crippen molar-refractivity contribution in [2.75, 3.05) is 26.8 Å². The summed E-state index contributed by atoms with van der Waals surface area (Å²) in [4.78, 5) is 35.2. The number of amides is 1. The van der Waals surface area contributed by atoms with Crippen molar-refractivity contribution in [1.82, 2.24) is 4.90 Å². The SMILES string of the molecule is CCOC(=O)CN(C)C(=O)COc1ccccc1Oc1ccc(N=O)cc1. The predicted octanol–water partition coefficient (Wildman–Crippen LogP) is 3.28. The van der Waals surface area contributed by atoms with Crippen molar-refractivity contribution in [1.29, 1.82) is 0 Å². The van der Waals surface area contributed by atoms with Crippen molar-refractivity contribution >= 4 is 17.6 Å². The molecule has 0 aliphatic heterocycles. The first-order valence-corrected chi connectivity index (χ1v) is 8.26. The van der Waals surface area contributed by atoms with E-state index in [1.54, 1.807) is 43.3 Å². The molecule has 0 saturated heterocycles. The van der Waals surface area contributed by atoms with Crippen LogP contribution < -0.4 is 9.47 Å². The van der Waals surface area contributed by atoms with E-state index in [9.17, 15) is 14.5 Å². The van der Waals surface area contributed by atoms with Gasteiger partial charge in [-0.25, -0.2) is 0 Å². The standard InChI is InChI=1S/C19H20N2O6/c1-3-25-19(23)12-21(2)18(22)13-26-16-6-4-5-7-17(16)27-15-10-8-14(20-24)9-11-15/h4-11H,3,12-13H2,1-2H3. The van der Waals surface area contributed by atoms with Crippen LogP contribution in [0.1, 0.15) is 6.92 Å². The second kappa shape index (κ2) is 9.91. The highest BCUT2D eigenvalue weighted by Gasteiger charge is 2.15. The second-order valence-corrected chi connectivity index (χ2v) is 5.48. The molecule has 1 amide bonds. The fourth-order valence-electron chi connectivity index (χ4n) is 2.09. The van der Waals surface area contributed by atoms with Gasteiger partial charge in [-0.05, 0) is 48.5 Å². The molecule has 27 heavy (non-hydrogen) atoms. The summed E-state index contributed by atoms with van der Waals surface area (Å²) >= 11 is 0. The fourth-order valence-corrected chi connectivity index (χ4v) is 2.09. The van der Waals surface area contributed by atoms with Gasteiger partial charge in [0.1, 0.15) is 18.0 Å². The quantitative estimate of drug-likeness (QED) is 0.495. The van der Waals surface area contributed by atoms with Crippen LogP contribution in [0.25, 0.3) is 0 Å². The molecule has 0 radical (unpaired) electrons. The summed E-state index contributed by atoms with van der Waals surface area (Å²) in [6, 6.07) is 13.1. The van der Waals surface area contributed by atoms with Crippen molar-refractivity contribution in [3.8, 4) is 17.2 Å². The van der Waals surface area contributed by atoms with Gasteiger partial charge in [-0.1, -0.05) is 12.1 Å². The van der Waals surface area contributed by atoms with Gasteiger partial charge in [0, 0.05) is 7.05 Å². The van der Waals surface area contributed by atoms with Crippen molar-refractivity contribution in [3.05, 3.63) is 53.4 Å². The zero-order valence-corrected chi connectivity index (χ0v) is 15.1. The normalized spacial score (nSPS) is 10.0. The van der Waals surface area contributed by atoms with Crippen LogP contribution in [0.4, 0.5) is 5.69 Å². The van der Waals surface area contributed by atoms with Gasteiger partial charge in [0.2, 0.25) is 0 Å². The number of carbonyl (C=O) groups is 2. The van der Waals surface area contributed by atoms with E-state index < -0.39 is 5.97 Å². The largest absolute Gasteiger partial charge is 0.480 e. The molecular weight excluding hydrogens is 352 g/mol. The van der Waals surface area contributed by atoms with Gasteiger partial charge < -0.3 is 19.1 Å². The number of rotatable bonds is 9. The van der Waals surface area contributed by atoms with Gasteiger partial charge in [-0.15, -0.1) is 4.91 Å². The lowest BCUT2D eigenvalue weighted by Gasteiger charge is -2.17. The average Bonchev–Trinajstić information content (AvgIpc) is 2.67. The van der Waals surface area contributed by atoms with Gasteiger partial charge in [0.15, 0.2) is 18.1 Å². The van der Waals surface area contributed by atoms with Crippen LogP contribution in [-0.2, 0) is 14.3 Å². The third-order valence-corrected chi connectivity index (χ3v) is 3.47. The lowest BCUT2D eigenvalue weighted by atomic mass is 10.3. The van der Waals surface area contributed by atoms with E-state index in [-0.39, 0.29) is 25.7 Å². The van der Waals surface area contributed by atoms with Crippen LogP contribution in [0.5, 0.6) is 17.2 Å². The van der Waals surface area contributed by atoms with Crippen LogP contribution >= 0.6 is 0 Å². The van der Waals surface area contributed by atoms with Crippen LogP contribution in [0.3, 0.4) is 0 Å². The third kappa shape index (κ3) is 6.10. The Balaban J connectivity index is 1.97. The summed E-state index contributed by atoms with van der Waals surface area (Å²) in [7, 11) is 1.49. The van der Waals surface area contributed by atoms with Gasteiger partial charge in [0.05, 0.1) is 6.61 Å². The zero-order valence-electron chi connectivity index (χ0n) is 15.1. The number of nitrogens with zero attached hydrogens (tertiary/aromatic N) is 2. The Hall–Kier alpha value is -3.42. The fraction of sp³-hybridized carbons (Fsp3) is 0.263. The molecule has 0 aromatic heterocycles. The summed E-state index contributed by atoms with van der Waals surface area (Å²) < 4.78 is 16.1. The Morgan fingerprint density at radius 1 is 1.04 bits per heavy atom. The molecule has 0 fully saturated rings. The summed E-state index contributed by atoms with van der Waals surface area (Å²) in [6.45, 7) is 1.55. The van der Waals surface area contributed by atoms with Crippen LogP contribution in [0.15, 0.2) is 53.7 Å². The minimum absolute atomic E-state index is 0.148. The number of esters is 1. The smallest absolute Gasteiger partial charge is 0.325 e. The van der Waals surface area contributed by atoms with E-state index in [0.29, 0.717) is 22.9 Å². The van der Waals surface area contributed by atoms with E-state index in [4.69, 9.17) is 14.2 Å². The molecule has 0 aliphatic carbocycles. The number of hydrogen-bond donors (Lipinski definition) is 0. The molecule has 0 heterocycles. The Bertz CT molecular complexity index is 791. The Labute approximate surface area is 156 Å². The average molecular weight is 372 g/mol. The summed E-state index contributed by atoms with van der Waals surface area (Å²) in [5.74, 6) is 0.409. The maximum Gasteiger partial charge on any atom is 0.325 e. The lowest BCUT2D eigenvalue weighted by Crippen LogP contribution is -2.36. The molecular formula is C19H20N2O6. The molecule has 0 unspecified atom stereocenters. The number of nitroso groups, excluding NO2 is 1. The van der Waals surface area contributed by atoms with Crippen molar-refractivity contribution < 1.29 is 23.8 Å². The van der Waals surface area contributed by atoms with Crippen molar-refractivity contribution in [2.24, 2.45) is 5.18 Å². The van der Waals surface area contributed by atoms with E-state index in [0.717, 1.165) is 0 Å². The molecule has 0 saturated carbocycles. The molecule has 142 valence electrons. The van der Waals surface area contributed by atoms with Crippen LogP contribution in [-0.4, -0.2) is 43.6 Å². The third-order valence-electron chi connectivity index (χ3n) is 3.47. The van der Waals surface area contributed by atoms with Crippen molar-refractivity contribution in [3.63, 3.8) is 0 Å². The van der Waals surface area contributed by atoms with Gasteiger partial charge in [-0.3, -0.25) is 9.59 Å². The maximum atomic E-state index is 12.1.